The number of hydrogen-bond donors (Lipinski definition) is 2. The molecule has 0 fully saturated rings. The van der Waals surface area contributed by atoms with Gasteiger partial charge in [0, 0.05) is 15.9 Å². The van der Waals surface area contributed by atoms with Crippen LogP contribution < -0.4 is 15.9 Å². The Hall–Kier alpha value is -3.17. The van der Waals surface area contributed by atoms with Crippen LogP contribution in [0.3, 0.4) is 0 Å². The molecule has 0 amide bonds. The molecular weight excluding hydrogens is 351 g/mol. The number of carbonyl (C=O) groups is 2. The first kappa shape index (κ1) is 17.6. The second-order valence-corrected chi connectivity index (χ2v) is 8.29. The molecular formula is C20H15O5P. The minimum Gasteiger partial charge on any atom is -0.478 e. The van der Waals surface area contributed by atoms with E-state index in [1.54, 1.807) is 60.7 Å². The van der Waals surface area contributed by atoms with Crippen molar-refractivity contribution in [3.63, 3.8) is 0 Å². The molecule has 0 aliphatic heterocycles. The first-order valence-electron chi connectivity index (χ1n) is 7.77. The molecule has 0 aromatic heterocycles. The molecule has 0 aliphatic rings. The van der Waals surface area contributed by atoms with Crippen molar-refractivity contribution in [1.82, 2.24) is 0 Å². The van der Waals surface area contributed by atoms with Gasteiger partial charge in [0.15, 0.2) is 7.14 Å². The number of carboxylic acids is 2. The van der Waals surface area contributed by atoms with E-state index in [1.807, 2.05) is 0 Å². The lowest BCUT2D eigenvalue weighted by Crippen LogP contribution is -2.32. The standard InChI is InChI=1S/C20H15O5P/c21-19(22)16-12-7-13-17(20(23)24)18(16)26(25,14-8-3-1-4-9-14)15-10-5-2-6-11-15/h1-13H,(H,21,22)(H,23,24). The Kier molecular flexibility index (Phi) is 4.74. The van der Waals surface area contributed by atoms with Gasteiger partial charge >= 0.3 is 11.9 Å². The van der Waals surface area contributed by atoms with E-state index in [2.05, 4.69) is 0 Å². The van der Waals surface area contributed by atoms with Crippen LogP contribution in [0.1, 0.15) is 20.7 Å². The Labute approximate surface area is 149 Å². The highest BCUT2D eigenvalue weighted by atomic mass is 31.2. The normalized spacial score (nSPS) is 11.1. The molecule has 0 unspecified atom stereocenters. The third-order valence-corrected chi connectivity index (χ3v) is 7.21. The molecule has 0 aliphatic carbocycles. The summed E-state index contributed by atoms with van der Waals surface area (Å²) in [6, 6.07) is 20.7. The second-order valence-electron chi connectivity index (χ2n) is 5.59. The quantitative estimate of drug-likeness (QED) is 0.678. The fourth-order valence-electron chi connectivity index (χ4n) is 2.91. The summed E-state index contributed by atoms with van der Waals surface area (Å²) in [6.45, 7) is 0. The van der Waals surface area contributed by atoms with E-state index in [1.165, 1.54) is 18.2 Å². The summed E-state index contributed by atoms with van der Waals surface area (Å²) in [6.07, 6.45) is 0. The van der Waals surface area contributed by atoms with E-state index in [-0.39, 0.29) is 16.4 Å². The average Bonchev–Trinajstić information content (AvgIpc) is 2.68. The van der Waals surface area contributed by atoms with E-state index >= 15 is 0 Å². The van der Waals surface area contributed by atoms with Crippen molar-refractivity contribution in [2.75, 3.05) is 0 Å². The van der Waals surface area contributed by atoms with Crippen LogP contribution in [-0.4, -0.2) is 22.2 Å². The van der Waals surface area contributed by atoms with Crippen LogP contribution in [0.2, 0.25) is 0 Å². The topological polar surface area (TPSA) is 91.7 Å². The molecule has 26 heavy (non-hydrogen) atoms. The first-order chi connectivity index (χ1) is 12.5. The number of carboxylic acid groups (broad SMARTS) is 2. The minimum atomic E-state index is -3.72. The van der Waals surface area contributed by atoms with Gasteiger partial charge in [-0.15, -0.1) is 0 Å². The maximum absolute atomic E-state index is 14.3. The Balaban J connectivity index is 2.48. The molecule has 3 aromatic carbocycles. The zero-order valence-electron chi connectivity index (χ0n) is 13.6. The highest BCUT2D eigenvalue weighted by molar-refractivity contribution is 7.85. The Morgan fingerprint density at radius 2 is 1.00 bits per heavy atom. The maximum atomic E-state index is 14.3. The smallest absolute Gasteiger partial charge is 0.336 e. The fraction of sp³-hybridized carbons (Fsp3) is 0. The molecule has 0 radical (unpaired) electrons. The zero-order chi connectivity index (χ0) is 18.7. The monoisotopic (exact) mass is 366 g/mol. The molecule has 3 rings (SSSR count). The molecule has 3 aromatic rings. The summed E-state index contributed by atoms with van der Waals surface area (Å²) in [5.74, 6) is -2.65. The highest BCUT2D eigenvalue weighted by Crippen LogP contribution is 2.44. The molecule has 0 heterocycles. The lowest BCUT2D eigenvalue weighted by Gasteiger charge is -2.23. The van der Waals surface area contributed by atoms with E-state index in [4.69, 9.17) is 0 Å². The average molecular weight is 366 g/mol. The lowest BCUT2D eigenvalue weighted by atomic mass is 10.1. The van der Waals surface area contributed by atoms with Gasteiger partial charge in [-0.05, 0) is 12.1 Å². The van der Waals surface area contributed by atoms with Gasteiger partial charge in [-0.25, -0.2) is 9.59 Å². The zero-order valence-corrected chi connectivity index (χ0v) is 14.5. The largest absolute Gasteiger partial charge is 0.478 e. The molecule has 0 saturated heterocycles. The number of rotatable bonds is 5. The van der Waals surface area contributed by atoms with Crippen LogP contribution in [0, 0.1) is 0 Å². The molecule has 2 N–H and O–H groups in total. The molecule has 130 valence electrons. The predicted octanol–water partition coefficient (Wildman–Crippen LogP) is 2.72. The molecule has 0 bridgehead atoms. The summed E-state index contributed by atoms with van der Waals surface area (Å²) < 4.78 is 14.3. The Bertz CT molecular complexity index is 937. The molecule has 6 heteroatoms. The Morgan fingerprint density at radius 3 is 1.35 bits per heavy atom. The second kappa shape index (κ2) is 6.98. The molecule has 5 nitrogen and oxygen atoms in total. The highest BCUT2D eigenvalue weighted by Gasteiger charge is 2.37. The van der Waals surface area contributed by atoms with Crippen molar-refractivity contribution < 1.29 is 24.4 Å². The third-order valence-electron chi connectivity index (χ3n) is 4.05. The van der Waals surface area contributed by atoms with Gasteiger partial charge in [0.2, 0.25) is 0 Å². The van der Waals surface area contributed by atoms with E-state index in [9.17, 15) is 24.4 Å². The lowest BCUT2D eigenvalue weighted by molar-refractivity contribution is 0.0696. The van der Waals surface area contributed by atoms with Gasteiger partial charge in [-0.2, -0.15) is 0 Å². The van der Waals surface area contributed by atoms with Crippen LogP contribution in [0.5, 0.6) is 0 Å². The van der Waals surface area contributed by atoms with Crippen LogP contribution in [0.15, 0.2) is 78.9 Å². The first-order valence-corrected chi connectivity index (χ1v) is 9.48. The Morgan fingerprint density at radius 1 is 0.615 bits per heavy atom. The predicted molar refractivity (Wildman–Crippen MR) is 99.8 cm³/mol. The summed E-state index contributed by atoms with van der Waals surface area (Å²) >= 11 is 0. The summed E-state index contributed by atoms with van der Waals surface area (Å²) in [5.41, 5.74) is -0.554. The van der Waals surface area contributed by atoms with Crippen LogP contribution in [0.4, 0.5) is 0 Å². The number of aromatic carboxylic acids is 2. The van der Waals surface area contributed by atoms with Gasteiger partial charge in [-0.1, -0.05) is 66.7 Å². The third kappa shape index (κ3) is 2.93. The van der Waals surface area contributed by atoms with E-state index < -0.39 is 19.1 Å². The van der Waals surface area contributed by atoms with Crippen molar-refractivity contribution in [1.29, 1.82) is 0 Å². The molecule has 0 saturated carbocycles. The van der Waals surface area contributed by atoms with Crippen molar-refractivity contribution >= 4 is 35.0 Å². The van der Waals surface area contributed by atoms with E-state index in [0.29, 0.717) is 10.6 Å². The van der Waals surface area contributed by atoms with Crippen molar-refractivity contribution in [3.05, 3.63) is 90.0 Å². The van der Waals surface area contributed by atoms with Crippen molar-refractivity contribution in [3.8, 4) is 0 Å². The number of hydrogen-bond acceptors (Lipinski definition) is 3. The van der Waals surface area contributed by atoms with Crippen molar-refractivity contribution in [2.45, 2.75) is 0 Å². The summed E-state index contributed by atoms with van der Waals surface area (Å²) in [4.78, 5) is 23.6. The van der Waals surface area contributed by atoms with Crippen LogP contribution in [0.25, 0.3) is 0 Å². The fourth-order valence-corrected chi connectivity index (χ4v) is 5.93. The summed E-state index contributed by atoms with van der Waals surface area (Å²) in [7, 11) is -3.72. The van der Waals surface area contributed by atoms with Gasteiger partial charge < -0.3 is 14.8 Å². The SMILES string of the molecule is O=C(O)c1cccc(C(=O)O)c1P(=O)(c1ccccc1)c1ccccc1. The summed E-state index contributed by atoms with van der Waals surface area (Å²) in [5, 5.41) is 19.8. The van der Waals surface area contributed by atoms with Crippen molar-refractivity contribution in [2.24, 2.45) is 0 Å². The van der Waals surface area contributed by atoms with Crippen LogP contribution >= 0.6 is 7.14 Å². The molecule has 0 atom stereocenters. The number of benzene rings is 3. The molecule has 0 spiro atoms. The van der Waals surface area contributed by atoms with E-state index in [0.717, 1.165) is 0 Å². The van der Waals surface area contributed by atoms with Gasteiger partial charge in [-0.3, -0.25) is 0 Å². The van der Waals surface area contributed by atoms with Gasteiger partial charge in [0.05, 0.1) is 11.1 Å². The van der Waals surface area contributed by atoms with Crippen LogP contribution in [-0.2, 0) is 4.57 Å². The minimum absolute atomic E-state index is 0.169. The maximum Gasteiger partial charge on any atom is 0.336 e. The van der Waals surface area contributed by atoms with Gasteiger partial charge in [0.1, 0.15) is 0 Å². The van der Waals surface area contributed by atoms with Gasteiger partial charge in [0.25, 0.3) is 0 Å².